The fraction of sp³-hybridized carbons (Fsp3) is 0.304. The number of esters is 1. The van der Waals surface area contributed by atoms with Crippen molar-refractivity contribution in [2.75, 3.05) is 18.1 Å². The van der Waals surface area contributed by atoms with Crippen molar-refractivity contribution in [3.05, 3.63) is 74.2 Å². The van der Waals surface area contributed by atoms with Gasteiger partial charge in [-0.15, -0.1) is 0 Å². The van der Waals surface area contributed by atoms with Crippen LogP contribution in [-0.2, 0) is 16.0 Å². The third kappa shape index (κ3) is 4.19. The molecule has 0 saturated carbocycles. The topological polar surface area (TPSA) is 125 Å². The highest BCUT2D eigenvalue weighted by Gasteiger charge is 2.26. The number of hydrogen-bond acceptors (Lipinski definition) is 7. The summed E-state index contributed by atoms with van der Waals surface area (Å²) >= 11 is 0. The largest absolute Gasteiger partial charge is 0.451 e. The molecule has 1 aliphatic rings. The number of rotatable bonds is 5. The van der Waals surface area contributed by atoms with E-state index in [-0.39, 0.29) is 23.0 Å². The number of benzene rings is 2. The number of fused-ring (bicyclic) bond motifs is 2. The number of ether oxygens (including phenoxy) is 1. The van der Waals surface area contributed by atoms with Crippen molar-refractivity contribution in [3.63, 3.8) is 0 Å². The first-order valence-electron chi connectivity index (χ1n) is 10.5. The third-order valence-electron chi connectivity index (χ3n) is 5.53. The van der Waals surface area contributed by atoms with E-state index in [4.69, 9.17) is 4.74 Å². The summed E-state index contributed by atoms with van der Waals surface area (Å²) in [5, 5.41) is 15.9. The van der Waals surface area contributed by atoms with E-state index in [1.807, 2.05) is 0 Å². The molecule has 10 nitrogen and oxygen atoms in total. The number of aryl methyl sites for hydroxylation is 1. The summed E-state index contributed by atoms with van der Waals surface area (Å²) < 4.78 is 6.50. The molecule has 1 aliphatic heterocycles. The second-order valence-electron chi connectivity index (χ2n) is 8.03. The van der Waals surface area contributed by atoms with E-state index >= 15 is 0 Å². The molecule has 0 N–H and O–H groups in total. The van der Waals surface area contributed by atoms with Gasteiger partial charge in [0.2, 0.25) is 0 Å². The quantitative estimate of drug-likeness (QED) is 0.332. The lowest BCUT2D eigenvalue weighted by Gasteiger charge is -2.29. The van der Waals surface area contributed by atoms with Gasteiger partial charge in [0.15, 0.2) is 12.3 Å². The second kappa shape index (κ2) is 8.81. The minimum absolute atomic E-state index is 0.0345. The van der Waals surface area contributed by atoms with E-state index in [1.54, 1.807) is 44.2 Å². The van der Waals surface area contributed by atoms with Crippen molar-refractivity contribution in [2.24, 2.45) is 0 Å². The van der Waals surface area contributed by atoms with Gasteiger partial charge in [0.05, 0.1) is 16.4 Å². The molecule has 1 amide bonds. The molecule has 2 heterocycles. The van der Waals surface area contributed by atoms with Gasteiger partial charge in [-0.1, -0.05) is 18.2 Å². The lowest BCUT2D eigenvalue weighted by Crippen LogP contribution is -2.38. The first kappa shape index (κ1) is 22.1. The molecule has 0 saturated heterocycles. The van der Waals surface area contributed by atoms with E-state index in [9.17, 15) is 24.5 Å². The Morgan fingerprint density at radius 1 is 1.18 bits per heavy atom. The lowest BCUT2D eigenvalue weighted by atomic mass is 10.0. The summed E-state index contributed by atoms with van der Waals surface area (Å²) in [6, 6.07) is 10.7. The Morgan fingerprint density at radius 2 is 1.91 bits per heavy atom. The predicted molar refractivity (Wildman–Crippen MR) is 120 cm³/mol. The number of carbonyl (C=O) groups is 2. The maximum atomic E-state index is 12.9. The van der Waals surface area contributed by atoms with Crippen LogP contribution in [0.4, 0.5) is 11.4 Å². The summed E-state index contributed by atoms with van der Waals surface area (Å²) in [6.07, 6.45) is 1.26. The van der Waals surface area contributed by atoms with Gasteiger partial charge in [-0.25, -0.2) is 9.48 Å². The highest BCUT2D eigenvalue weighted by Crippen LogP contribution is 2.30. The normalized spacial score (nSPS) is 13.1. The predicted octanol–water partition coefficient (Wildman–Crippen LogP) is 3.02. The van der Waals surface area contributed by atoms with E-state index in [1.165, 1.54) is 21.7 Å². The molecule has 170 valence electrons. The Bertz CT molecular complexity index is 1330. The summed E-state index contributed by atoms with van der Waals surface area (Å²) in [4.78, 5) is 50.4. The molecule has 0 spiro atoms. The van der Waals surface area contributed by atoms with Crippen molar-refractivity contribution in [2.45, 2.75) is 32.7 Å². The Morgan fingerprint density at radius 3 is 2.61 bits per heavy atom. The van der Waals surface area contributed by atoms with Crippen molar-refractivity contribution >= 4 is 34.0 Å². The number of amides is 1. The SMILES string of the molecule is CC(C)n1nc(C(=O)OCC(=O)N2CCCc3cc([N+](=O)[O-])ccc32)c2ccccc2c1=O. The van der Waals surface area contributed by atoms with Crippen LogP contribution in [0.2, 0.25) is 0 Å². The molecular formula is C23H22N4O6. The zero-order valence-electron chi connectivity index (χ0n) is 18.2. The molecule has 0 unspecified atom stereocenters. The highest BCUT2D eigenvalue weighted by atomic mass is 16.6. The first-order chi connectivity index (χ1) is 15.8. The molecule has 0 atom stereocenters. The molecule has 0 aliphatic carbocycles. The number of hydrogen-bond donors (Lipinski definition) is 0. The summed E-state index contributed by atoms with van der Waals surface area (Å²) in [5.74, 6) is -1.26. The fourth-order valence-electron chi connectivity index (χ4n) is 3.94. The molecule has 4 rings (SSSR count). The van der Waals surface area contributed by atoms with Crippen LogP contribution >= 0.6 is 0 Å². The zero-order valence-corrected chi connectivity index (χ0v) is 18.2. The monoisotopic (exact) mass is 450 g/mol. The molecule has 2 aromatic carbocycles. The van der Waals surface area contributed by atoms with Crippen LogP contribution < -0.4 is 10.5 Å². The number of aromatic nitrogens is 2. The fourth-order valence-corrected chi connectivity index (χ4v) is 3.94. The molecule has 33 heavy (non-hydrogen) atoms. The van der Waals surface area contributed by atoms with Crippen LogP contribution in [-0.4, -0.2) is 39.7 Å². The molecule has 0 fully saturated rings. The smallest absolute Gasteiger partial charge is 0.359 e. The van der Waals surface area contributed by atoms with Gasteiger partial charge in [-0.2, -0.15) is 5.10 Å². The number of carbonyl (C=O) groups excluding carboxylic acids is 2. The maximum Gasteiger partial charge on any atom is 0.359 e. The van der Waals surface area contributed by atoms with Gasteiger partial charge >= 0.3 is 5.97 Å². The highest BCUT2D eigenvalue weighted by molar-refractivity contribution is 6.03. The van der Waals surface area contributed by atoms with Gasteiger partial charge in [-0.3, -0.25) is 19.7 Å². The van der Waals surface area contributed by atoms with Gasteiger partial charge in [0.25, 0.3) is 17.2 Å². The van der Waals surface area contributed by atoms with Crippen molar-refractivity contribution in [1.29, 1.82) is 0 Å². The van der Waals surface area contributed by atoms with Gasteiger partial charge in [-0.05, 0) is 44.4 Å². The minimum atomic E-state index is -0.810. The molecule has 10 heteroatoms. The zero-order chi connectivity index (χ0) is 23.7. The van der Waals surface area contributed by atoms with Crippen LogP contribution in [0.25, 0.3) is 10.8 Å². The van der Waals surface area contributed by atoms with Gasteiger partial charge in [0.1, 0.15) is 0 Å². The number of nitro groups is 1. The van der Waals surface area contributed by atoms with Crippen LogP contribution in [0.5, 0.6) is 0 Å². The molecular weight excluding hydrogens is 428 g/mol. The van der Waals surface area contributed by atoms with Gasteiger partial charge in [0, 0.05) is 29.8 Å². The third-order valence-corrected chi connectivity index (χ3v) is 5.53. The van der Waals surface area contributed by atoms with Crippen LogP contribution in [0.1, 0.15) is 42.4 Å². The van der Waals surface area contributed by atoms with E-state index in [0.717, 1.165) is 0 Å². The van der Waals surface area contributed by atoms with Crippen molar-refractivity contribution < 1.29 is 19.2 Å². The van der Waals surface area contributed by atoms with Crippen LogP contribution in [0, 0.1) is 10.1 Å². The lowest BCUT2D eigenvalue weighted by molar-refractivity contribution is -0.384. The van der Waals surface area contributed by atoms with Crippen LogP contribution in [0.3, 0.4) is 0 Å². The standard InChI is InChI=1S/C23H22N4O6/c1-14(2)26-22(29)18-8-4-3-7-17(18)21(24-26)23(30)33-13-20(28)25-11-5-6-15-12-16(27(31)32)9-10-19(15)25/h3-4,7-10,12,14H,5-6,11,13H2,1-2H3. The maximum absolute atomic E-state index is 12.9. The molecule has 1 aromatic heterocycles. The van der Waals surface area contributed by atoms with Crippen molar-refractivity contribution in [3.8, 4) is 0 Å². The molecule has 0 radical (unpaired) electrons. The minimum Gasteiger partial charge on any atom is -0.451 e. The number of nitro benzene ring substituents is 1. The summed E-state index contributed by atoms with van der Waals surface area (Å²) in [5.41, 5.74) is 0.887. The molecule has 0 bridgehead atoms. The van der Waals surface area contributed by atoms with E-state index in [0.29, 0.717) is 41.4 Å². The Balaban J connectivity index is 1.57. The number of nitrogens with zero attached hydrogens (tertiary/aromatic N) is 4. The molecule has 3 aromatic rings. The Kier molecular flexibility index (Phi) is 5.91. The number of non-ortho nitro benzene ring substituents is 1. The second-order valence-corrected chi connectivity index (χ2v) is 8.03. The number of anilines is 1. The average Bonchev–Trinajstić information content (AvgIpc) is 2.81. The van der Waals surface area contributed by atoms with E-state index < -0.39 is 23.4 Å². The van der Waals surface area contributed by atoms with Crippen molar-refractivity contribution in [1.82, 2.24) is 9.78 Å². The van der Waals surface area contributed by atoms with Gasteiger partial charge < -0.3 is 9.64 Å². The first-order valence-corrected chi connectivity index (χ1v) is 10.5. The van der Waals surface area contributed by atoms with Crippen LogP contribution in [0.15, 0.2) is 47.3 Å². The van der Waals surface area contributed by atoms with E-state index in [2.05, 4.69) is 5.10 Å². The Hall–Kier alpha value is -4.08. The summed E-state index contributed by atoms with van der Waals surface area (Å²) in [6.45, 7) is 3.45. The summed E-state index contributed by atoms with van der Waals surface area (Å²) in [7, 11) is 0. The average molecular weight is 450 g/mol. The Labute approximate surface area is 188 Å².